The van der Waals surface area contributed by atoms with E-state index < -0.39 is 9.84 Å². The van der Waals surface area contributed by atoms with Crippen molar-refractivity contribution in [3.05, 3.63) is 29.8 Å². The van der Waals surface area contributed by atoms with Crippen LogP contribution in [-0.2, 0) is 9.84 Å². The maximum Gasteiger partial charge on any atom is 0.175 e. The fourth-order valence-electron chi connectivity index (χ4n) is 3.65. The van der Waals surface area contributed by atoms with E-state index in [9.17, 15) is 8.42 Å². The van der Waals surface area contributed by atoms with Crippen LogP contribution in [0.3, 0.4) is 0 Å². The number of sulfone groups is 1. The fraction of sp³-hybridized carbons (Fsp3) is 0.667. The lowest BCUT2D eigenvalue weighted by atomic mass is 9.89. The summed E-state index contributed by atoms with van der Waals surface area (Å²) in [7, 11) is -3.10. The minimum atomic E-state index is -3.10. The van der Waals surface area contributed by atoms with Gasteiger partial charge in [0.1, 0.15) is 0 Å². The van der Waals surface area contributed by atoms with E-state index in [-0.39, 0.29) is 0 Å². The standard InChI is InChI=1S/C18H29NO2S/c1-4-6-15(2)14-19-11-9-16(10-12-19)17-7-5-8-18(13-17)22(3,20)21/h5,7-8,13,15-16H,4,6,9-12,14H2,1-3H3/p+1. The molecule has 3 nitrogen and oxygen atoms in total. The van der Waals surface area contributed by atoms with Gasteiger partial charge < -0.3 is 4.90 Å². The molecule has 1 N–H and O–H groups in total. The molecule has 4 heteroatoms. The molecule has 2 rings (SSSR count). The van der Waals surface area contributed by atoms with Crippen LogP contribution < -0.4 is 4.90 Å². The minimum absolute atomic E-state index is 0.455. The van der Waals surface area contributed by atoms with Gasteiger partial charge in [0.05, 0.1) is 24.5 Å². The molecule has 0 aromatic heterocycles. The van der Waals surface area contributed by atoms with E-state index in [0.29, 0.717) is 10.8 Å². The second-order valence-corrected chi connectivity index (χ2v) is 8.98. The van der Waals surface area contributed by atoms with Crippen LogP contribution in [0.15, 0.2) is 29.2 Å². The minimum Gasteiger partial charge on any atom is -0.335 e. The third-order valence-corrected chi connectivity index (χ3v) is 5.98. The molecule has 124 valence electrons. The number of benzene rings is 1. The smallest absolute Gasteiger partial charge is 0.175 e. The van der Waals surface area contributed by atoms with Crippen LogP contribution in [0.5, 0.6) is 0 Å². The van der Waals surface area contributed by atoms with E-state index >= 15 is 0 Å². The largest absolute Gasteiger partial charge is 0.335 e. The summed E-state index contributed by atoms with van der Waals surface area (Å²) in [6.07, 6.45) is 6.22. The van der Waals surface area contributed by atoms with Gasteiger partial charge in [0, 0.05) is 25.0 Å². The van der Waals surface area contributed by atoms with E-state index in [1.165, 1.54) is 57.1 Å². The normalized spacial score (nSPS) is 24.1. The van der Waals surface area contributed by atoms with E-state index in [4.69, 9.17) is 0 Å². The summed E-state index contributed by atoms with van der Waals surface area (Å²) in [4.78, 5) is 2.17. The van der Waals surface area contributed by atoms with Gasteiger partial charge in [-0.3, -0.25) is 0 Å². The van der Waals surface area contributed by atoms with Gasteiger partial charge in [-0.2, -0.15) is 0 Å². The Morgan fingerprint density at radius 2 is 1.95 bits per heavy atom. The predicted molar refractivity (Wildman–Crippen MR) is 91.2 cm³/mol. The van der Waals surface area contributed by atoms with Crippen molar-refractivity contribution < 1.29 is 13.3 Å². The van der Waals surface area contributed by atoms with Crippen molar-refractivity contribution in [2.45, 2.75) is 50.3 Å². The van der Waals surface area contributed by atoms with Crippen LogP contribution in [0.2, 0.25) is 0 Å². The van der Waals surface area contributed by atoms with Gasteiger partial charge in [-0.05, 0) is 30.0 Å². The molecular formula is C18H30NO2S+. The first-order valence-corrected chi connectivity index (χ1v) is 10.4. The van der Waals surface area contributed by atoms with E-state index in [2.05, 4.69) is 19.9 Å². The van der Waals surface area contributed by atoms with Crippen molar-refractivity contribution in [1.82, 2.24) is 0 Å². The molecule has 1 aliphatic heterocycles. The van der Waals surface area contributed by atoms with Crippen molar-refractivity contribution in [1.29, 1.82) is 0 Å². The van der Waals surface area contributed by atoms with Crippen LogP contribution in [-0.4, -0.2) is 34.3 Å². The Morgan fingerprint density at radius 1 is 1.27 bits per heavy atom. The molecule has 1 unspecified atom stereocenters. The molecule has 22 heavy (non-hydrogen) atoms. The number of likely N-dealkylation sites (tertiary alicyclic amines) is 1. The molecule has 1 heterocycles. The highest BCUT2D eigenvalue weighted by molar-refractivity contribution is 7.90. The predicted octanol–water partition coefficient (Wildman–Crippen LogP) is 2.29. The fourth-order valence-corrected chi connectivity index (χ4v) is 4.33. The first kappa shape index (κ1) is 17.5. The molecule has 1 aliphatic rings. The lowest BCUT2D eigenvalue weighted by molar-refractivity contribution is -0.908. The third-order valence-electron chi connectivity index (χ3n) is 4.87. The van der Waals surface area contributed by atoms with Crippen LogP contribution in [0.1, 0.15) is 51.0 Å². The second kappa shape index (κ2) is 7.60. The molecule has 1 aromatic rings. The highest BCUT2D eigenvalue weighted by Crippen LogP contribution is 2.26. The Hall–Kier alpha value is -0.870. The molecule has 0 saturated carbocycles. The molecule has 1 saturated heterocycles. The van der Waals surface area contributed by atoms with Crippen molar-refractivity contribution in [2.24, 2.45) is 5.92 Å². The zero-order valence-corrected chi connectivity index (χ0v) is 15.0. The monoisotopic (exact) mass is 324 g/mol. The molecule has 1 atom stereocenters. The van der Waals surface area contributed by atoms with Gasteiger partial charge in [-0.15, -0.1) is 0 Å². The number of hydrogen-bond acceptors (Lipinski definition) is 2. The Balaban J connectivity index is 1.94. The van der Waals surface area contributed by atoms with Crippen LogP contribution in [0.4, 0.5) is 0 Å². The second-order valence-electron chi connectivity index (χ2n) is 6.97. The summed E-state index contributed by atoms with van der Waals surface area (Å²) in [5.74, 6) is 1.33. The molecule has 0 aliphatic carbocycles. The summed E-state index contributed by atoms with van der Waals surface area (Å²) in [5.41, 5.74) is 1.20. The van der Waals surface area contributed by atoms with Crippen LogP contribution in [0, 0.1) is 5.92 Å². The average molecular weight is 325 g/mol. The quantitative estimate of drug-likeness (QED) is 0.872. The van der Waals surface area contributed by atoms with Gasteiger partial charge in [0.25, 0.3) is 0 Å². The van der Waals surface area contributed by atoms with Crippen molar-refractivity contribution in [3.8, 4) is 0 Å². The first-order chi connectivity index (χ1) is 10.4. The summed E-state index contributed by atoms with van der Waals surface area (Å²) < 4.78 is 23.4. The molecule has 0 bridgehead atoms. The summed E-state index contributed by atoms with van der Waals surface area (Å²) >= 11 is 0. The number of nitrogens with one attached hydrogen (secondary N) is 1. The van der Waals surface area contributed by atoms with Crippen molar-refractivity contribution >= 4 is 9.84 Å². The maximum atomic E-state index is 11.7. The zero-order chi connectivity index (χ0) is 16.2. The van der Waals surface area contributed by atoms with Gasteiger partial charge in [0.15, 0.2) is 9.84 Å². The number of quaternary nitrogens is 1. The van der Waals surface area contributed by atoms with Crippen LogP contribution >= 0.6 is 0 Å². The Morgan fingerprint density at radius 3 is 2.55 bits per heavy atom. The molecular weight excluding hydrogens is 294 g/mol. The van der Waals surface area contributed by atoms with Crippen molar-refractivity contribution in [3.63, 3.8) is 0 Å². The first-order valence-electron chi connectivity index (χ1n) is 8.53. The van der Waals surface area contributed by atoms with Crippen molar-refractivity contribution in [2.75, 3.05) is 25.9 Å². The molecule has 1 fully saturated rings. The number of hydrogen-bond donors (Lipinski definition) is 1. The highest BCUT2D eigenvalue weighted by atomic mass is 32.2. The Labute approximate surface area is 135 Å². The maximum absolute atomic E-state index is 11.7. The van der Waals surface area contributed by atoms with E-state index in [1.807, 2.05) is 12.1 Å². The highest BCUT2D eigenvalue weighted by Gasteiger charge is 2.25. The molecule has 0 radical (unpaired) electrons. The molecule has 0 amide bonds. The SMILES string of the molecule is CCCC(C)C[NH+]1CCC(c2cccc(S(C)(=O)=O)c2)CC1. The average Bonchev–Trinajstić information content (AvgIpc) is 2.47. The van der Waals surface area contributed by atoms with Gasteiger partial charge in [-0.25, -0.2) is 8.42 Å². The summed E-state index contributed by atoms with van der Waals surface area (Å²) in [5, 5.41) is 0. The zero-order valence-electron chi connectivity index (χ0n) is 14.1. The Kier molecular flexibility index (Phi) is 6.04. The van der Waals surface area contributed by atoms with Crippen LogP contribution in [0.25, 0.3) is 0 Å². The third kappa shape index (κ3) is 4.82. The van der Waals surface area contributed by atoms with E-state index in [1.54, 1.807) is 11.0 Å². The summed E-state index contributed by atoms with van der Waals surface area (Å²) in [6, 6.07) is 7.55. The number of piperidine rings is 1. The molecule has 1 aromatic carbocycles. The van der Waals surface area contributed by atoms with Gasteiger partial charge >= 0.3 is 0 Å². The topological polar surface area (TPSA) is 38.6 Å². The summed E-state index contributed by atoms with van der Waals surface area (Å²) in [6.45, 7) is 8.32. The van der Waals surface area contributed by atoms with Gasteiger partial charge in [0.2, 0.25) is 0 Å². The lowest BCUT2D eigenvalue weighted by Crippen LogP contribution is -3.13. The van der Waals surface area contributed by atoms with E-state index in [0.717, 1.165) is 5.92 Å². The lowest BCUT2D eigenvalue weighted by Gasteiger charge is -2.31. The van der Waals surface area contributed by atoms with Gasteiger partial charge in [-0.1, -0.05) is 32.4 Å². The number of rotatable bonds is 6. The Bertz CT molecular complexity index is 575. The molecule has 0 spiro atoms.